The molecule has 2 heterocycles. The summed E-state index contributed by atoms with van der Waals surface area (Å²) in [5.74, 6) is 0.533. The molecule has 0 N–H and O–H groups in total. The van der Waals surface area contributed by atoms with Crippen LogP contribution in [0.1, 0.15) is 33.8 Å². The van der Waals surface area contributed by atoms with Crippen molar-refractivity contribution in [2.24, 2.45) is 0 Å². The van der Waals surface area contributed by atoms with Crippen LogP contribution in [0.5, 0.6) is 0 Å². The van der Waals surface area contributed by atoms with Crippen LogP contribution in [0.2, 0.25) is 0 Å². The molecule has 0 bridgehead atoms. The summed E-state index contributed by atoms with van der Waals surface area (Å²) in [5, 5.41) is 4.04. The number of halogens is 3. The predicted molar refractivity (Wildman–Crippen MR) is 127 cm³/mol. The van der Waals surface area contributed by atoms with Crippen LogP contribution >= 0.6 is 0 Å². The van der Waals surface area contributed by atoms with Crippen LogP contribution in [0.15, 0.2) is 53.1 Å². The molecule has 1 amide bonds. The fraction of sp³-hybridized carbons (Fsp3) is 0.423. The van der Waals surface area contributed by atoms with E-state index in [1.807, 2.05) is 31.2 Å². The number of alkyl halides is 3. The number of hydrogen-bond donors (Lipinski definition) is 0. The Labute approximate surface area is 207 Å². The standard InChI is InChI=1S/C26H29F3N4O3/c1-19-3-5-20(6-4-19)24-30-23(36-31-24)11-14-33(13-2-12-32-15-17-35-18-16-32)25(34)21-7-9-22(10-8-21)26(27,28)29/h3-10H,2,11-18H2,1H3. The molecule has 0 saturated carbocycles. The molecule has 1 aromatic heterocycles. The van der Waals surface area contributed by atoms with Crippen LogP contribution in [-0.4, -0.2) is 71.8 Å². The van der Waals surface area contributed by atoms with Gasteiger partial charge in [0.15, 0.2) is 0 Å². The molecule has 1 aliphatic heterocycles. The van der Waals surface area contributed by atoms with E-state index >= 15 is 0 Å². The van der Waals surface area contributed by atoms with Crippen molar-refractivity contribution in [3.8, 4) is 11.4 Å². The highest BCUT2D eigenvalue weighted by Gasteiger charge is 2.30. The number of aryl methyl sites for hydroxylation is 1. The molecule has 0 atom stereocenters. The van der Waals surface area contributed by atoms with Gasteiger partial charge in [0.05, 0.1) is 18.8 Å². The summed E-state index contributed by atoms with van der Waals surface area (Å²) in [6, 6.07) is 12.1. The zero-order valence-electron chi connectivity index (χ0n) is 20.1. The number of morpholine rings is 1. The van der Waals surface area contributed by atoms with Crippen molar-refractivity contribution in [3.05, 3.63) is 71.1 Å². The number of amides is 1. The number of nitrogens with zero attached hydrogens (tertiary/aromatic N) is 4. The third kappa shape index (κ3) is 6.92. The summed E-state index contributed by atoms with van der Waals surface area (Å²) < 4.78 is 49.6. The second-order valence-electron chi connectivity index (χ2n) is 8.80. The van der Waals surface area contributed by atoms with E-state index in [1.54, 1.807) is 4.90 Å². The lowest BCUT2D eigenvalue weighted by Crippen LogP contribution is -2.39. The Morgan fingerprint density at radius 1 is 1.03 bits per heavy atom. The number of carbonyl (C=O) groups is 1. The normalized spacial score (nSPS) is 14.7. The minimum atomic E-state index is -4.45. The lowest BCUT2D eigenvalue weighted by atomic mass is 10.1. The van der Waals surface area contributed by atoms with Crippen molar-refractivity contribution in [1.82, 2.24) is 19.9 Å². The number of aromatic nitrogens is 2. The number of carbonyl (C=O) groups excluding carboxylic acids is 1. The topological polar surface area (TPSA) is 71.7 Å². The summed E-state index contributed by atoms with van der Waals surface area (Å²) in [5.41, 5.74) is 1.38. The Bertz CT molecular complexity index is 1120. The van der Waals surface area contributed by atoms with E-state index in [2.05, 4.69) is 15.0 Å². The average Bonchev–Trinajstić information content (AvgIpc) is 3.35. The lowest BCUT2D eigenvalue weighted by Gasteiger charge is -2.28. The second-order valence-corrected chi connectivity index (χ2v) is 8.80. The van der Waals surface area contributed by atoms with E-state index in [9.17, 15) is 18.0 Å². The number of hydrogen-bond acceptors (Lipinski definition) is 6. The average molecular weight is 503 g/mol. The van der Waals surface area contributed by atoms with E-state index in [0.717, 1.165) is 49.3 Å². The van der Waals surface area contributed by atoms with Gasteiger partial charge >= 0.3 is 6.18 Å². The van der Waals surface area contributed by atoms with Crippen LogP contribution in [0.3, 0.4) is 0 Å². The van der Waals surface area contributed by atoms with E-state index < -0.39 is 11.7 Å². The summed E-state index contributed by atoms with van der Waals surface area (Å²) in [6.07, 6.45) is -3.39. The largest absolute Gasteiger partial charge is 0.416 e. The van der Waals surface area contributed by atoms with Crippen molar-refractivity contribution < 1.29 is 27.2 Å². The fourth-order valence-electron chi connectivity index (χ4n) is 4.02. The summed E-state index contributed by atoms with van der Waals surface area (Å²) >= 11 is 0. The van der Waals surface area contributed by atoms with Gasteiger partial charge in [0.25, 0.3) is 5.91 Å². The van der Waals surface area contributed by atoms with Crippen molar-refractivity contribution in [2.75, 3.05) is 45.9 Å². The molecule has 10 heteroatoms. The third-order valence-corrected chi connectivity index (χ3v) is 6.13. The van der Waals surface area contributed by atoms with E-state index in [4.69, 9.17) is 9.26 Å². The minimum absolute atomic E-state index is 0.209. The first-order chi connectivity index (χ1) is 17.3. The Kier molecular flexibility index (Phi) is 8.37. The molecule has 0 aliphatic carbocycles. The van der Waals surface area contributed by atoms with Gasteiger partial charge in [-0.2, -0.15) is 18.2 Å². The van der Waals surface area contributed by atoms with Crippen LogP contribution in [0.25, 0.3) is 11.4 Å². The lowest BCUT2D eigenvalue weighted by molar-refractivity contribution is -0.137. The molecule has 7 nitrogen and oxygen atoms in total. The van der Waals surface area contributed by atoms with Gasteiger partial charge in [-0.3, -0.25) is 9.69 Å². The van der Waals surface area contributed by atoms with Crippen LogP contribution < -0.4 is 0 Å². The first kappa shape index (κ1) is 25.8. The number of benzene rings is 2. The molecule has 0 spiro atoms. The van der Waals surface area contributed by atoms with Crippen molar-refractivity contribution in [1.29, 1.82) is 0 Å². The Balaban J connectivity index is 1.42. The SMILES string of the molecule is Cc1ccc(-c2noc(CCN(CCCN3CCOCC3)C(=O)c3ccc(C(F)(F)F)cc3)n2)cc1. The maximum absolute atomic E-state index is 13.2. The highest BCUT2D eigenvalue weighted by atomic mass is 19.4. The Morgan fingerprint density at radius 2 is 1.72 bits per heavy atom. The molecular formula is C26H29F3N4O3. The van der Waals surface area contributed by atoms with E-state index in [1.165, 1.54) is 12.1 Å². The molecular weight excluding hydrogens is 473 g/mol. The molecule has 36 heavy (non-hydrogen) atoms. The Hall–Kier alpha value is -3.24. The number of ether oxygens (including phenoxy) is 1. The molecule has 0 radical (unpaired) electrons. The van der Waals surface area contributed by atoms with Gasteiger partial charge in [-0.25, -0.2) is 0 Å². The zero-order chi connectivity index (χ0) is 25.5. The molecule has 192 valence electrons. The maximum Gasteiger partial charge on any atom is 0.416 e. The van der Waals surface area contributed by atoms with Gasteiger partial charge in [-0.05, 0) is 37.6 Å². The van der Waals surface area contributed by atoms with E-state index in [0.29, 0.717) is 44.4 Å². The molecule has 1 aliphatic rings. The van der Waals surface area contributed by atoms with Crippen molar-refractivity contribution in [2.45, 2.75) is 25.9 Å². The molecule has 3 aromatic rings. The molecule has 2 aromatic carbocycles. The van der Waals surface area contributed by atoms with Crippen molar-refractivity contribution >= 4 is 5.91 Å². The summed E-state index contributed by atoms with van der Waals surface area (Å²) in [4.78, 5) is 21.6. The molecule has 4 rings (SSSR count). The molecule has 0 unspecified atom stereocenters. The van der Waals surface area contributed by atoms with Gasteiger partial charge in [0, 0.05) is 50.3 Å². The van der Waals surface area contributed by atoms with Gasteiger partial charge in [-0.1, -0.05) is 35.0 Å². The van der Waals surface area contributed by atoms with Gasteiger partial charge in [0.2, 0.25) is 11.7 Å². The fourth-order valence-corrected chi connectivity index (χ4v) is 4.02. The van der Waals surface area contributed by atoms with Gasteiger partial charge < -0.3 is 14.2 Å². The monoisotopic (exact) mass is 502 g/mol. The first-order valence-corrected chi connectivity index (χ1v) is 12.0. The van der Waals surface area contributed by atoms with Gasteiger partial charge in [0.1, 0.15) is 0 Å². The van der Waals surface area contributed by atoms with Gasteiger partial charge in [-0.15, -0.1) is 0 Å². The van der Waals surface area contributed by atoms with Crippen molar-refractivity contribution in [3.63, 3.8) is 0 Å². The highest BCUT2D eigenvalue weighted by Crippen LogP contribution is 2.29. The highest BCUT2D eigenvalue weighted by molar-refractivity contribution is 5.94. The van der Waals surface area contributed by atoms with E-state index in [-0.39, 0.29) is 11.5 Å². The minimum Gasteiger partial charge on any atom is -0.379 e. The predicted octanol–water partition coefficient (Wildman–Crippen LogP) is 4.47. The smallest absolute Gasteiger partial charge is 0.379 e. The summed E-state index contributed by atoms with van der Waals surface area (Å²) in [6.45, 7) is 6.62. The first-order valence-electron chi connectivity index (χ1n) is 12.0. The van der Waals surface area contributed by atoms with Crippen LogP contribution in [-0.2, 0) is 17.3 Å². The molecule has 1 saturated heterocycles. The maximum atomic E-state index is 13.2. The zero-order valence-corrected chi connectivity index (χ0v) is 20.1. The quantitative estimate of drug-likeness (QED) is 0.430. The summed E-state index contributed by atoms with van der Waals surface area (Å²) in [7, 11) is 0. The molecule has 1 fully saturated rings. The van der Waals surface area contributed by atoms with Crippen LogP contribution in [0, 0.1) is 6.92 Å². The van der Waals surface area contributed by atoms with Crippen LogP contribution in [0.4, 0.5) is 13.2 Å². The Morgan fingerprint density at radius 3 is 2.39 bits per heavy atom. The number of rotatable bonds is 9. The second kappa shape index (κ2) is 11.7. The third-order valence-electron chi connectivity index (χ3n) is 6.13.